The van der Waals surface area contributed by atoms with Crippen molar-refractivity contribution >= 4 is 17.6 Å². The normalized spacial score (nSPS) is 15.5. The molecular weight excluding hydrogens is 286 g/mol. The third-order valence-electron chi connectivity index (χ3n) is 3.82. The molecule has 1 aliphatic rings. The van der Waals surface area contributed by atoms with Crippen LogP contribution in [0.15, 0.2) is 16.5 Å². The average Bonchev–Trinajstić information content (AvgIpc) is 3.17. The summed E-state index contributed by atoms with van der Waals surface area (Å²) >= 11 is 1.52. The second kappa shape index (κ2) is 6.38. The Morgan fingerprint density at radius 2 is 2.14 bits per heavy atom. The molecule has 2 aromatic rings. The van der Waals surface area contributed by atoms with Gasteiger partial charge in [-0.1, -0.05) is 19.8 Å². The van der Waals surface area contributed by atoms with E-state index in [0.717, 1.165) is 40.8 Å². The van der Waals surface area contributed by atoms with Crippen LogP contribution < -0.4 is 5.32 Å². The summed E-state index contributed by atoms with van der Waals surface area (Å²) in [4.78, 5) is 8.67. The predicted octanol–water partition coefficient (Wildman–Crippen LogP) is 2.33. The van der Waals surface area contributed by atoms with Crippen molar-refractivity contribution in [3.05, 3.63) is 11.9 Å². The summed E-state index contributed by atoms with van der Waals surface area (Å²) in [5, 5.41) is 17.0. The van der Waals surface area contributed by atoms with E-state index in [1.54, 1.807) is 6.33 Å². The zero-order valence-corrected chi connectivity index (χ0v) is 13.1. The van der Waals surface area contributed by atoms with Crippen molar-refractivity contribution in [1.29, 1.82) is 0 Å². The maximum absolute atomic E-state index is 4.40. The van der Waals surface area contributed by atoms with Crippen molar-refractivity contribution in [2.24, 2.45) is 0 Å². The number of rotatable bonds is 5. The molecule has 112 valence electrons. The molecule has 0 amide bonds. The highest BCUT2D eigenvalue weighted by Gasteiger charge is 2.23. The Bertz CT molecular complexity index is 606. The van der Waals surface area contributed by atoms with Crippen molar-refractivity contribution in [2.45, 2.75) is 55.3 Å². The molecule has 1 fully saturated rings. The van der Waals surface area contributed by atoms with Crippen LogP contribution in [0.5, 0.6) is 0 Å². The first-order valence-electron chi connectivity index (χ1n) is 7.30. The molecule has 3 rings (SSSR count). The number of nitrogens with zero attached hydrogens (tertiary/aromatic N) is 6. The summed E-state index contributed by atoms with van der Waals surface area (Å²) in [6.45, 7) is 2.10. The lowest BCUT2D eigenvalue weighted by Crippen LogP contribution is -2.09. The molecule has 0 aromatic carbocycles. The molecule has 2 heterocycles. The molecule has 7 nitrogen and oxygen atoms in total. The van der Waals surface area contributed by atoms with Gasteiger partial charge in [0.05, 0.1) is 6.04 Å². The fraction of sp³-hybridized carbons (Fsp3) is 0.615. The van der Waals surface area contributed by atoms with Crippen LogP contribution in [0.3, 0.4) is 0 Å². The lowest BCUT2D eigenvalue weighted by atomic mass is 10.2. The van der Waals surface area contributed by atoms with Gasteiger partial charge in [-0.25, -0.2) is 14.6 Å². The van der Waals surface area contributed by atoms with Gasteiger partial charge in [0.25, 0.3) is 0 Å². The summed E-state index contributed by atoms with van der Waals surface area (Å²) in [7, 11) is 1.87. The quantitative estimate of drug-likeness (QED) is 0.849. The van der Waals surface area contributed by atoms with Gasteiger partial charge >= 0.3 is 0 Å². The first-order valence-corrected chi connectivity index (χ1v) is 8.12. The van der Waals surface area contributed by atoms with E-state index in [-0.39, 0.29) is 0 Å². The number of aromatic nitrogens is 6. The minimum Gasteiger partial charge on any atom is -0.373 e. The Hall–Kier alpha value is -1.70. The number of hydrogen-bond donors (Lipinski definition) is 1. The third kappa shape index (κ3) is 2.85. The van der Waals surface area contributed by atoms with Gasteiger partial charge in [-0.15, -0.1) is 5.10 Å². The van der Waals surface area contributed by atoms with E-state index in [1.165, 1.54) is 24.6 Å². The molecule has 1 saturated carbocycles. The monoisotopic (exact) mass is 305 g/mol. The van der Waals surface area contributed by atoms with Crippen LogP contribution >= 0.6 is 11.8 Å². The van der Waals surface area contributed by atoms with Crippen LogP contribution in [0.25, 0.3) is 0 Å². The van der Waals surface area contributed by atoms with Gasteiger partial charge in [0.15, 0.2) is 0 Å². The molecule has 0 unspecified atom stereocenters. The number of nitrogens with one attached hydrogen (secondary N) is 1. The maximum Gasteiger partial charge on any atom is 0.215 e. The molecule has 0 atom stereocenters. The smallest absolute Gasteiger partial charge is 0.215 e. The molecule has 8 heteroatoms. The van der Waals surface area contributed by atoms with Crippen molar-refractivity contribution < 1.29 is 0 Å². The Morgan fingerprint density at radius 1 is 1.33 bits per heavy atom. The SMILES string of the molecule is CCc1c(NC)ncnc1Sc1nnnn1C1CCCC1. The zero-order chi connectivity index (χ0) is 14.7. The van der Waals surface area contributed by atoms with Crippen LogP contribution in [-0.4, -0.2) is 37.2 Å². The molecule has 21 heavy (non-hydrogen) atoms. The lowest BCUT2D eigenvalue weighted by Gasteiger charge is -2.12. The van der Waals surface area contributed by atoms with Gasteiger partial charge in [0, 0.05) is 12.6 Å². The van der Waals surface area contributed by atoms with Crippen LogP contribution in [0.1, 0.15) is 44.2 Å². The van der Waals surface area contributed by atoms with Crippen LogP contribution in [0, 0.1) is 0 Å². The number of tetrazole rings is 1. The van der Waals surface area contributed by atoms with Crippen molar-refractivity contribution in [3.63, 3.8) is 0 Å². The van der Waals surface area contributed by atoms with E-state index >= 15 is 0 Å². The summed E-state index contributed by atoms with van der Waals surface area (Å²) in [5.41, 5.74) is 1.10. The molecule has 0 spiro atoms. The fourth-order valence-electron chi connectivity index (χ4n) is 2.74. The lowest BCUT2D eigenvalue weighted by molar-refractivity contribution is 0.423. The second-order valence-corrected chi connectivity index (χ2v) is 6.01. The van der Waals surface area contributed by atoms with Crippen LogP contribution in [-0.2, 0) is 6.42 Å². The molecule has 2 aromatic heterocycles. The molecule has 0 bridgehead atoms. The van der Waals surface area contributed by atoms with Crippen LogP contribution in [0.2, 0.25) is 0 Å². The number of hydrogen-bond acceptors (Lipinski definition) is 7. The largest absolute Gasteiger partial charge is 0.373 e. The first-order chi connectivity index (χ1) is 10.3. The highest BCUT2D eigenvalue weighted by molar-refractivity contribution is 7.99. The second-order valence-electron chi connectivity index (χ2n) is 5.06. The van der Waals surface area contributed by atoms with Crippen molar-refractivity contribution in [2.75, 3.05) is 12.4 Å². The van der Waals surface area contributed by atoms with E-state index in [2.05, 4.69) is 37.7 Å². The number of anilines is 1. The standard InChI is InChI=1S/C13H19N7S/c1-3-10-11(14-2)15-8-16-12(10)21-13-17-18-19-20(13)9-6-4-5-7-9/h8-9H,3-7H2,1-2H3,(H,14,15,16). The van der Waals surface area contributed by atoms with E-state index in [9.17, 15) is 0 Å². The summed E-state index contributed by atoms with van der Waals surface area (Å²) in [6, 6.07) is 0.429. The molecule has 0 radical (unpaired) electrons. The third-order valence-corrected chi connectivity index (χ3v) is 4.81. The molecular formula is C13H19N7S. The van der Waals surface area contributed by atoms with Gasteiger partial charge in [-0.3, -0.25) is 0 Å². The first kappa shape index (κ1) is 14.2. The Morgan fingerprint density at radius 3 is 2.86 bits per heavy atom. The molecule has 1 N–H and O–H groups in total. The summed E-state index contributed by atoms with van der Waals surface area (Å²) < 4.78 is 1.96. The van der Waals surface area contributed by atoms with Gasteiger partial charge < -0.3 is 5.32 Å². The highest BCUT2D eigenvalue weighted by atomic mass is 32.2. The summed E-state index contributed by atoms with van der Waals surface area (Å²) in [5.74, 6) is 0.870. The molecule has 0 saturated heterocycles. The minimum atomic E-state index is 0.429. The Balaban J connectivity index is 1.89. The molecule has 0 aliphatic heterocycles. The van der Waals surface area contributed by atoms with Gasteiger partial charge in [-0.2, -0.15) is 0 Å². The zero-order valence-electron chi connectivity index (χ0n) is 12.3. The predicted molar refractivity (Wildman–Crippen MR) is 80.4 cm³/mol. The van der Waals surface area contributed by atoms with Gasteiger partial charge in [0.2, 0.25) is 5.16 Å². The Labute approximate surface area is 127 Å². The summed E-state index contributed by atoms with van der Waals surface area (Å²) in [6.07, 6.45) is 7.27. The highest BCUT2D eigenvalue weighted by Crippen LogP contribution is 2.35. The minimum absolute atomic E-state index is 0.429. The van der Waals surface area contributed by atoms with Crippen molar-refractivity contribution in [1.82, 2.24) is 30.2 Å². The maximum atomic E-state index is 4.40. The van der Waals surface area contributed by atoms with Gasteiger partial charge in [0.1, 0.15) is 17.2 Å². The molecule has 1 aliphatic carbocycles. The van der Waals surface area contributed by atoms with E-state index in [4.69, 9.17) is 0 Å². The van der Waals surface area contributed by atoms with E-state index in [1.807, 2.05) is 11.7 Å². The van der Waals surface area contributed by atoms with Crippen molar-refractivity contribution in [3.8, 4) is 0 Å². The van der Waals surface area contributed by atoms with Crippen LogP contribution in [0.4, 0.5) is 5.82 Å². The van der Waals surface area contributed by atoms with E-state index in [0.29, 0.717) is 6.04 Å². The average molecular weight is 305 g/mol. The topological polar surface area (TPSA) is 81.4 Å². The fourth-order valence-corrected chi connectivity index (χ4v) is 3.73. The van der Waals surface area contributed by atoms with Gasteiger partial charge in [-0.05, 0) is 41.5 Å². The van der Waals surface area contributed by atoms with E-state index < -0.39 is 0 Å². The Kier molecular flexibility index (Phi) is 4.33.